The number of ether oxygens (including phenoxy) is 1. The zero-order chi connectivity index (χ0) is 12.7. The van der Waals surface area contributed by atoms with Gasteiger partial charge in [0.15, 0.2) is 0 Å². The molecule has 0 spiro atoms. The molecule has 6 nitrogen and oxygen atoms in total. The van der Waals surface area contributed by atoms with Crippen LogP contribution in [0.2, 0.25) is 0 Å². The molecule has 1 aromatic heterocycles. The van der Waals surface area contributed by atoms with E-state index < -0.39 is 17.8 Å². The number of aromatic nitrogens is 1. The summed E-state index contributed by atoms with van der Waals surface area (Å²) < 4.78 is 17.9. The van der Waals surface area contributed by atoms with Crippen LogP contribution in [0.5, 0.6) is 0 Å². The van der Waals surface area contributed by atoms with Crippen molar-refractivity contribution in [3.8, 4) is 0 Å². The molecule has 0 aliphatic carbocycles. The normalized spacial score (nSPS) is 9.94. The third-order valence-electron chi connectivity index (χ3n) is 1.78. The summed E-state index contributed by atoms with van der Waals surface area (Å²) >= 11 is 0. The molecule has 0 fully saturated rings. The molecule has 0 bridgehead atoms. The van der Waals surface area contributed by atoms with Crippen LogP contribution in [0.4, 0.5) is 4.39 Å². The number of amides is 2. The lowest BCUT2D eigenvalue weighted by Crippen LogP contribution is -2.29. The Morgan fingerprint density at radius 2 is 2.29 bits per heavy atom. The topological polar surface area (TPSA) is 94.3 Å². The van der Waals surface area contributed by atoms with Gasteiger partial charge in [-0.15, -0.1) is 0 Å². The van der Waals surface area contributed by atoms with Gasteiger partial charge in [0.2, 0.25) is 11.9 Å². The average molecular weight is 241 g/mol. The van der Waals surface area contributed by atoms with Gasteiger partial charge in [-0.3, -0.25) is 9.59 Å². The van der Waals surface area contributed by atoms with Crippen LogP contribution in [-0.4, -0.2) is 36.6 Å². The monoisotopic (exact) mass is 241 g/mol. The molecule has 1 rings (SSSR count). The van der Waals surface area contributed by atoms with Gasteiger partial charge in [-0.25, -0.2) is 4.98 Å². The fourth-order valence-corrected chi connectivity index (χ4v) is 1.06. The summed E-state index contributed by atoms with van der Waals surface area (Å²) in [7, 11) is 0. The van der Waals surface area contributed by atoms with Gasteiger partial charge in [0.05, 0.1) is 12.2 Å². The highest BCUT2D eigenvalue weighted by Gasteiger charge is 2.10. The van der Waals surface area contributed by atoms with Crippen LogP contribution in [0, 0.1) is 5.95 Å². The molecule has 17 heavy (non-hydrogen) atoms. The molecule has 3 N–H and O–H groups in total. The van der Waals surface area contributed by atoms with E-state index in [-0.39, 0.29) is 25.3 Å². The van der Waals surface area contributed by atoms with Crippen molar-refractivity contribution in [3.63, 3.8) is 0 Å². The van der Waals surface area contributed by atoms with Crippen LogP contribution >= 0.6 is 0 Å². The van der Waals surface area contributed by atoms with Gasteiger partial charge >= 0.3 is 0 Å². The standard InChI is InChI=1S/C10H12FN3O3/c11-9-7(2-1-3-13-9)10(16)14-4-5-17-6-8(12)15/h1-3H,4-6H2,(H2,12,15)(H,14,16). The molecule has 92 valence electrons. The van der Waals surface area contributed by atoms with Crippen molar-refractivity contribution in [2.45, 2.75) is 0 Å². The van der Waals surface area contributed by atoms with Gasteiger partial charge in [-0.2, -0.15) is 4.39 Å². The van der Waals surface area contributed by atoms with Crippen LogP contribution in [0.3, 0.4) is 0 Å². The number of primary amides is 1. The van der Waals surface area contributed by atoms with Crippen molar-refractivity contribution < 1.29 is 18.7 Å². The Kier molecular flexibility index (Phi) is 5.02. The molecule has 1 aromatic rings. The number of nitrogens with two attached hydrogens (primary N) is 1. The predicted molar refractivity (Wildman–Crippen MR) is 56.5 cm³/mol. The lowest BCUT2D eigenvalue weighted by Gasteiger charge is -2.05. The summed E-state index contributed by atoms with van der Waals surface area (Å²) in [4.78, 5) is 25.1. The van der Waals surface area contributed by atoms with Gasteiger partial charge in [0.25, 0.3) is 5.91 Å². The number of nitrogens with one attached hydrogen (secondary N) is 1. The average Bonchev–Trinajstić information content (AvgIpc) is 2.28. The molecule has 2 amide bonds. The van der Waals surface area contributed by atoms with Crippen LogP contribution in [0.25, 0.3) is 0 Å². The number of nitrogens with zero attached hydrogens (tertiary/aromatic N) is 1. The summed E-state index contributed by atoms with van der Waals surface area (Å²) in [5.41, 5.74) is 4.70. The highest BCUT2D eigenvalue weighted by atomic mass is 19.1. The van der Waals surface area contributed by atoms with Crippen LogP contribution in [-0.2, 0) is 9.53 Å². The first-order valence-electron chi connectivity index (χ1n) is 4.86. The third-order valence-corrected chi connectivity index (χ3v) is 1.78. The Labute approximate surface area is 97.0 Å². The zero-order valence-corrected chi connectivity index (χ0v) is 8.98. The van der Waals surface area contributed by atoms with E-state index >= 15 is 0 Å². The summed E-state index contributed by atoms with van der Waals surface area (Å²) in [5.74, 6) is -2.00. The molecule has 0 aromatic carbocycles. The van der Waals surface area contributed by atoms with E-state index in [1.165, 1.54) is 18.3 Å². The second-order valence-corrected chi connectivity index (χ2v) is 3.12. The molecule has 0 unspecified atom stereocenters. The summed E-state index contributed by atoms with van der Waals surface area (Å²) in [6.45, 7) is 0.0636. The number of rotatable bonds is 6. The zero-order valence-electron chi connectivity index (χ0n) is 8.98. The van der Waals surface area contributed by atoms with Crippen molar-refractivity contribution >= 4 is 11.8 Å². The van der Waals surface area contributed by atoms with E-state index in [0.717, 1.165) is 0 Å². The third kappa shape index (κ3) is 4.56. The fourth-order valence-electron chi connectivity index (χ4n) is 1.06. The summed E-state index contributed by atoms with van der Waals surface area (Å²) in [6.07, 6.45) is 1.25. The Balaban J connectivity index is 2.31. The number of halogens is 1. The molecule has 0 saturated heterocycles. The molecule has 0 saturated carbocycles. The van der Waals surface area contributed by atoms with E-state index in [1.807, 2.05) is 0 Å². The maximum Gasteiger partial charge on any atom is 0.256 e. The fraction of sp³-hybridized carbons (Fsp3) is 0.300. The largest absolute Gasteiger partial charge is 0.370 e. The Morgan fingerprint density at radius 1 is 1.53 bits per heavy atom. The first kappa shape index (κ1) is 13.0. The van der Waals surface area contributed by atoms with Crippen LogP contribution in [0.1, 0.15) is 10.4 Å². The number of hydrogen-bond acceptors (Lipinski definition) is 4. The first-order chi connectivity index (χ1) is 8.11. The Bertz CT molecular complexity index is 412. The number of pyridine rings is 1. The minimum atomic E-state index is -0.831. The maximum atomic E-state index is 13.1. The SMILES string of the molecule is NC(=O)COCCNC(=O)c1cccnc1F. The molecule has 1 heterocycles. The molecular weight excluding hydrogens is 229 g/mol. The van der Waals surface area contributed by atoms with Gasteiger partial charge in [0, 0.05) is 12.7 Å². The lowest BCUT2D eigenvalue weighted by atomic mass is 10.2. The van der Waals surface area contributed by atoms with Gasteiger partial charge in [0.1, 0.15) is 6.61 Å². The number of hydrogen-bond donors (Lipinski definition) is 2. The van der Waals surface area contributed by atoms with Crippen molar-refractivity contribution in [1.82, 2.24) is 10.3 Å². The van der Waals surface area contributed by atoms with Crippen molar-refractivity contribution in [2.75, 3.05) is 19.8 Å². The van der Waals surface area contributed by atoms with E-state index in [2.05, 4.69) is 10.3 Å². The van der Waals surface area contributed by atoms with Crippen molar-refractivity contribution in [3.05, 3.63) is 29.8 Å². The van der Waals surface area contributed by atoms with Gasteiger partial charge in [-0.05, 0) is 12.1 Å². The first-order valence-corrected chi connectivity index (χ1v) is 4.86. The quantitative estimate of drug-likeness (QED) is 0.516. The molecule has 0 atom stereocenters. The maximum absolute atomic E-state index is 13.1. The number of carbonyl (C=O) groups is 2. The molecule has 7 heteroatoms. The highest BCUT2D eigenvalue weighted by Crippen LogP contribution is 2.01. The van der Waals surface area contributed by atoms with E-state index in [9.17, 15) is 14.0 Å². The second kappa shape index (κ2) is 6.54. The Hall–Kier alpha value is -2.02. The van der Waals surface area contributed by atoms with E-state index in [1.54, 1.807) is 0 Å². The second-order valence-electron chi connectivity index (χ2n) is 3.12. The van der Waals surface area contributed by atoms with E-state index in [4.69, 9.17) is 10.5 Å². The molecule has 0 aliphatic heterocycles. The summed E-state index contributed by atoms with van der Waals surface area (Å²) in [6, 6.07) is 2.78. The summed E-state index contributed by atoms with van der Waals surface area (Å²) in [5, 5.41) is 2.42. The predicted octanol–water partition coefficient (Wildman–Crippen LogP) is -0.548. The Morgan fingerprint density at radius 3 is 2.94 bits per heavy atom. The highest BCUT2D eigenvalue weighted by molar-refractivity contribution is 5.94. The van der Waals surface area contributed by atoms with Crippen LogP contribution in [0.15, 0.2) is 18.3 Å². The van der Waals surface area contributed by atoms with Gasteiger partial charge in [-0.1, -0.05) is 0 Å². The minimum absolute atomic E-state index is 0.122. The molecule has 0 radical (unpaired) electrons. The van der Waals surface area contributed by atoms with Crippen molar-refractivity contribution in [2.24, 2.45) is 5.73 Å². The van der Waals surface area contributed by atoms with Crippen molar-refractivity contribution in [1.29, 1.82) is 0 Å². The number of carbonyl (C=O) groups excluding carboxylic acids is 2. The smallest absolute Gasteiger partial charge is 0.256 e. The van der Waals surface area contributed by atoms with Crippen LogP contribution < -0.4 is 11.1 Å². The molecule has 0 aliphatic rings. The molecular formula is C10H12FN3O3. The minimum Gasteiger partial charge on any atom is -0.370 e. The van der Waals surface area contributed by atoms with Gasteiger partial charge < -0.3 is 15.8 Å². The lowest BCUT2D eigenvalue weighted by molar-refractivity contribution is -0.122. The van der Waals surface area contributed by atoms with E-state index in [0.29, 0.717) is 0 Å².